The van der Waals surface area contributed by atoms with Gasteiger partial charge in [-0.2, -0.15) is 0 Å². The van der Waals surface area contributed by atoms with Crippen molar-refractivity contribution in [1.82, 2.24) is 0 Å². The van der Waals surface area contributed by atoms with Crippen LogP contribution >= 0.6 is 0 Å². The highest BCUT2D eigenvalue weighted by Crippen LogP contribution is 2.41. The minimum Gasteiger partial charge on any atom is -0.394 e. The van der Waals surface area contributed by atoms with E-state index >= 15 is 0 Å². The highest BCUT2D eigenvalue weighted by Gasteiger charge is 2.53. The molecule has 118 valence electrons. The molecular weight excluding hydrogens is 276 g/mol. The minimum absolute atomic E-state index is 0.281. The predicted molar refractivity (Wildman–Crippen MR) is 74.4 cm³/mol. The van der Waals surface area contributed by atoms with Crippen LogP contribution in [0.2, 0.25) is 0 Å². The quantitative estimate of drug-likeness (QED) is 0.758. The molecule has 2 rings (SSSR count). The van der Waals surface area contributed by atoms with Gasteiger partial charge in [0, 0.05) is 14.2 Å². The van der Waals surface area contributed by atoms with E-state index in [0.29, 0.717) is 5.56 Å². The maximum atomic E-state index is 10.6. The van der Waals surface area contributed by atoms with Gasteiger partial charge >= 0.3 is 0 Å². The van der Waals surface area contributed by atoms with Crippen LogP contribution in [0, 0.1) is 0 Å². The first kappa shape index (κ1) is 16.4. The van der Waals surface area contributed by atoms with Crippen molar-refractivity contribution in [2.45, 2.75) is 37.3 Å². The van der Waals surface area contributed by atoms with Crippen molar-refractivity contribution in [1.29, 1.82) is 0 Å². The number of hydrogen-bond acceptors (Lipinski definition) is 6. The summed E-state index contributed by atoms with van der Waals surface area (Å²) in [7, 11) is 2.94. The Morgan fingerprint density at radius 3 is 2.38 bits per heavy atom. The zero-order chi connectivity index (χ0) is 15.5. The first-order valence-electron chi connectivity index (χ1n) is 6.79. The van der Waals surface area contributed by atoms with Crippen molar-refractivity contribution in [3.8, 4) is 0 Å². The number of hydrogen-bond donors (Lipinski definition) is 2. The van der Waals surface area contributed by atoms with E-state index < -0.39 is 30.4 Å². The van der Waals surface area contributed by atoms with Crippen molar-refractivity contribution < 1.29 is 29.2 Å². The molecule has 1 unspecified atom stereocenters. The molecule has 0 amide bonds. The fraction of sp³-hybridized carbons (Fsp3) is 0.600. The maximum Gasteiger partial charge on any atom is 0.210 e. The number of aliphatic hydroxyl groups is 2. The molecule has 0 aromatic heterocycles. The molecule has 1 aliphatic heterocycles. The van der Waals surface area contributed by atoms with Crippen LogP contribution < -0.4 is 0 Å². The summed E-state index contributed by atoms with van der Waals surface area (Å²) in [4.78, 5) is 0. The topological polar surface area (TPSA) is 77.4 Å². The maximum absolute atomic E-state index is 10.6. The molecule has 1 heterocycles. The second kappa shape index (κ2) is 6.83. The van der Waals surface area contributed by atoms with Gasteiger partial charge in [0.05, 0.1) is 6.61 Å². The zero-order valence-corrected chi connectivity index (χ0v) is 12.4. The Kier molecular flexibility index (Phi) is 5.32. The van der Waals surface area contributed by atoms with Crippen LogP contribution in [0.5, 0.6) is 0 Å². The second-order valence-corrected chi connectivity index (χ2v) is 5.13. The van der Waals surface area contributed by atoms with Crippen LogP contribution in [0.15, 0.2) is 30.3 Å². The van der Waals surface area contributed by atoms with Crippen molar-refractivity contribution in [2.75, 3.05) is 20.8 Å². The van der Waals surface area contributed by atoms with E-state index in [4.69, 9.17) is 18.9 Å². The third kappa shape index (κ3) is 3.11. The Morgan fingerprint density at radius 1 is 1.24 bits per heavy atom. The van der Waals surface area contributed by atoms with Gasteiger partial charge in [-0.15, -0.1) is 0 Å². The van der Waals surface area contributed by atoms with Crippen molar-refractivity contribution >= 4 is 0 Å². The van der Waals surface area contributed by atoms with Gasteiger partial charge in [-0.05, 0) is 12.5 Å². The van der Waals surface area contributed by atoms with Crippen molar-refractivity contribution in [3.63, 3.8) is 0 Å². The molecule has 0 aliphatic carbocycles. The monoisotopic (exact) mass is 298 g/mol. The molecule has 6 nitrogen and oxygen atoms in total. The predicted octanol–water partition coefficient (Wildman–Crippen LogP) is 0.831. The summed E-state index contributed by atoms with van der Waals surface area (Å²) in [5, 5.41) is 20.2. The van der Waals surface area contributed by atoms with Gasteiger partial charge < -0.3 is 29.2 Å². The highest BCUT2D eigenvalue weighted by atomic mass is 16.8. The normalized spacial score (nSPS) is 30.8. The van der Waals surface area contributed by atoms with Crippen LogP contribution in [-0.2, 0) is 18.9 Å². The molecule has 1 saturated heterocycles. The van der Waals surface area contributed by atoms with Crippen LogP contribution in [0.4, 0.5) is 0 Å². The summed E-state index contributed by atoms with van der Waals surface area (Å²) in [5.41, 5.74) is -0.412. The molecule has 0 radical (unpaired) electrons. The number of methoxy groups -OCH3 is 2. The van der Waals surface area contributed by atoms with Gasteiger partial charge in [-0.25, -0.2) is 0 Å². The SMILES string of the molecule is COC(OC)C1O[C@@H](CO)[C@@](C)([C@@H](O)c2ccccc2)O1. The largest absolute Gasteiger partial charge is 0.394 e. The molecule has 1 fully saturated rings. The standard InChI is InChI=1S/C15H22O6/c1-15(12(17)10-7-5-4-6-8-10)11(9-16)20-14(21-15)13(18-2)19-3/h4-8,11-14,16-17H,9H2,1-3H3/t11-,12-,14?,15-/m0/s1. The molecule has 0 saturated carbocycles. The highest BCUT2D eigenvalue weighted by molar-refractivity contribution is 5.21. The van der Waals surface area contributed by atoms with E-state index in [9.17, 15) is 10.2 Å². The minimum atomic E-state index is -1.10. The number of aliphatic hydroxyl groups excluding tert-OH is 2. The average molecular weight is 298 g/mol. The van der Waals surface area contributed by atoms with Crippen molar-refractivity contribution in [3.05, 3.63) is 35.9 Å². The molecule has 6 heteroatoms. The van der Waals surface area contributed by atoms with Crippen LogP contribution in [0.1, 0.15) is 18.6 Å². The van der Waals surface area contributed by atoms with Gasteiger partial charge in [0.15, 0.2) is 0 Å². The molecule has 0 bridgehead atoms. The molecule has 1 aliphatic rings. The van der Waals surface area contributed by atoms with Crippen LogP contribution in [-0.4, -0.2) is 55.3 Å². The lowest BCUT2D eigenvalue weighted by Crippen LogP contribution is -2.45. The average Bonchev–Trinajstić information content (AvgIpc) is 2.86. The molecule has 0 spiro atoms. The van der Waals surface area contributed by atoms with Gasteiger partial charge in [-0.3, -0.25) is 0 Å². The smallest absolute Gasteiger partial charge is 0.210 e. The summed E-state index contributed by atoms with van der Waals surface area (Å²) < 4.78 is 21.7. The van der Waals surface area contributed by atoms with Crippen molar-refractivity contribution in [2.24, 2.45) is 0 Å². The number of benzene rings is 1. The fourth-order valence-corrected chi connectivity index (χ4v) is 2.52. The van der Waals surface area contributed by atoms with Crippen LogP contribution in [0.3, 0.4) is 0 Å². The van der Waals surface area contributed by atoms with E-state index in [0.717, 1.165) is 0 Å². The zero-order valence-electron chi connectivity index (χ0n) is 12.4. The van der Waals surface area contributed by atoms with E-state index in [1.807, 2.05) is 18.2 Å². The molecule has 1 aromatic rings. The Morgan fingerprint density at radius 2 is 1.86 bits per heavy atom. The molecule has 2 N–H and O–H groups in total. The summed E-state index contributed by atoms with van der Waals surface area (Å²) in [5.74, 6) is 0. The molecular formula is C15H22O6. The summed E-state index contributed by atoms with van der Waals surface area (Å²) in [6.07, 6.45) is -3.19. The molecule has 1 aromatic carbocycles. The summed E-state index contributed by atoms with van der Waals surface area (Å²) in [6, 6.07) is 9.12. The van der Waals surface area contributed by atoms with E-state index in [1.54, 1.807) is 19.1 Å². The summed E-state index contributed by atoms with van der Waals surface area (Å²) in [6.45, 7) is 1.42. The third-order valence-electron chi connectivity index (χ3n) is 3.82. The fourth-order valence-electron chi connectivity index (χ4n) is 2.52. The lowest BCUT2D eigenvalue weighted by Gasteiger charge is -2.33. The van der Waals surface area contributed by atoms with E-state index in [-0.39, 0.29) is 6.61 Å². The van der Waals surface area contributed by atoms with Gasteiger partial charge in [0.2, 0.25) is 12.6 Å². The Bertz CT molecular complexity index is 435. The molecule has 4 atom stereocenters. The first-order chi connectivity index (χ1) is 10.1. The number of rotatable bonds is 6. The third-order valence-corrected chi connectivity index (χ3v) is 3.82. The Labute approximate surface area is 124 Å². The van der Waals surface area contributed by atoms with Gasteiger partial charge in [-0.1, -0.05) is 30.3 Å². The van der Waals surface area contributed by atoms with E-state index in [1.165, 1.54) is 14.2 Å². The van der Waals surface area contributed by atoms with Gasteiger partial charge in [0.1, 0.15) is 17.8 Å². The Balaban J connectivity index is 2.23. The molecule has 21 heavy (non-hydrogen) atoms. The Hall–Kier alpha value is -1.02. The lowest BCUT2D eigenvalue weighted by molar-refractivity contribution is -0.250. The first-order valence-corrected chi connectivity index (χ1v) is 6.79. The number of ether oxygens (including phenoxy) is 4. The lowest BCUT2D eigenvalue weighted by atomic mass is 9.88. The van der Waals surface area contributed by atoms with E-state index in [2.05, 4.69) is 0 Å². The van der Waals surface area contributed by atoms with Gasteiger partial charge in [0.25, 0.3) is 0 Å². The van der Waals surface area contributed by atoms with Crippen LogP contribution in [0.25, 0.3) is 0 Å². The second-order valence-electron chi connectivity index (χ2n) is 5.13. The summed E-state index contributed by atoms with van der Waals surface area (Å²) >= 11 is 0.